The molecule has 4 heteroatoms. The number of anilines is 1. The summed E-state index contributed by atoms with van der Waals surface area (Å²) in [6.45, 7) is 3.43. The summed E-state index contributed by atoms with van der Waals surface area (Å²) in [7, 11) is 0. The number of carbonyl (C=O) groups excluding carboxylic acids is 1. The number of rotatable bonds is 1. The first-order chi connectivity index (χ1) is 9.15. The summed E-state index contributed by atoms with van der Waals surface area (Å²) >= 11 is 1.48. The van der Waals surface area contributed by atoms with E-state index in [2.05, 4.69) is 18.2 Å². The largest absolute Gasteiger partial charge is 0.398 e. The van der Waals surface area contributed by atoms with E-state index >= 15 is 0 Å². The number of thiophene rings is 1. The lowest BCUT2D eigenvalue weighted by Crippen LogP contribution is -2.35. The van der Waals surface area contributed by atoms with Gasteiger partial charge in [0, 0.05) is 23.7 Å². The molecule has 19 heavy (non-hydrogen) atoms. The molecule has 2 heterocycles. The van der Waals surface area contributed by atoms with Crippen molar-refractivity contribution in [2.75, 3.05) is 12.3 Å². The number of carbonyl (C=O) groups is 1. The van der Waals surface area contributed by atoms with Crippen LogP contribution < -0.4 is 5.73 Å². The Morgan fingerprint density at radius 3 is 2.74 bits per heavy atom. The van der Waals surface area contributed by atoms with Gasteiger partial charge in [0.05, 0.1) is 4.88 Å². The molecule has 0 aliphatic carbocycles. The van der Waals surface area contributed by atoms with Crippen molar-refractivity contribution in [1.82, 2.24) is 4.90 Å². The number of amides is 1. The average Bonchev–Trinajstić information content (AvgIpc) is 2.77. The maximum absolute atomic E-state index is 12.5. The first-order valence-electron chi connectivity index (χ1n) is 6.37. The van der Waals surface area contributed by atoms with Crippen LogP contribution in [0.5, 0.6) is 0 Å². The zero-order valence-corrected chi connectivity index (χ0v) is 11.7. The maximum Gasteiger partial charge on any atom is 0.264 e. The lowest BCUT2D eigenvalue weighted by molar-refractivity contribution is 0.0739. The van der Waals surface area contributed by atoms with Gasteiger partial charge in [0.25, 0.3) is 5.91 Å². The number of benzene rings is 1. The van der Waals surface area contributed by atoms with Crippen LogP contribution in [0.3, 0.4) is 0 Å². The molecule has 0 atom stereocenters. The summed E-state index contributed by atoms with van der Waals surface area (Å²) in [5, 5.41) is 0. The van der Waals surface area contributed by atoms with E-state index in [0.29, 0.717) is 12.2 Å². The van der Waals surface area contributed by atoms with Crippen molar-refractivity contribution in [2.45, 2.75) is 19.9 Å². The Labute approximate surface area is 116 Å². The smallest absolute Gasteiger partial charge is 0.264 e. The predicted octanol–water partition coefficient (Wildman–Crippen LogP) is 2.84. The van der Waals surface area contributed by atoms with Crippen molar-refractivity contribution in [3.05, 3.63) is 51.2 Å². The molecule has 98 valence electrons. The fourth-order valence-electron chi connectivity index (χ4n) is 2.43. The summed E-state index contributed by atoms with van der Waals surface area (Å²) in [5.41, 5.74) is 9.15. The van der Waals surface area contributed by atoms with Gasteiger partial charge in [-0.15, -0.1) is 11.3 Å². The second-order valence-electron chi connectivity index (χ2n) is 4.87. The molecule has 1 aromatic carbocycles. The zero-order chi connectivity index (χ0) is 13.4. The highest BCUT2D eigenvalue weighted by Crippen LogP contribution is 2.27. The number of nitrogen functional groups attached to an aromatic ring is 1. The number of nitrogens with two attached hydrogens (primary N) is 1. The topological polar surface area (TPSA) is 46.3 Å². The van der Waals surface area contributed by atoms with Crippen LogP contribution in [0.25, 0.3) is 0 Å². The second kappa shape index (κ2) is 4.70. The van der Waals surface area contributed by atoms with E-state index in [1.165, 1.54) is 22.5 Å². The minimum absolute atomic E-state index is 0.0966. The molecule has 0 saturated carbocycles. The fourth-order valence-corrected chi connectivity index (χ4v) is 3.34. The van der Waals surface area contributed by atoms with Crippen LogP contribution in [0.4, 0.5) is 5.69 Å². The fraction of sp³-hybridized carbons (Fsp3) is 0.267. The van der Waals surface area contributed by atoms with Crippen molar-refractivity contribution in [2.24, 2.45) is 0 Å². The first-order valence-corrected chi connectivity index (χ1v) is 7.19. The molecule has 1 aliphatic heterocycles. The molecular weight excluding hydrogens is 256 g/mol. The second-order valence-corrected chi connectivity index (χ2v) is 6.12. The lowest BCUT2D eigenvalue weighted by atomic mass is 10.00. The quantitative estimate of drug-likeness (QED) is 0.867. The molecule has 1 amide bonds. The Morgan fingerprint density at radius 1 is 1.32 bits per heavy atom. The Morgan fingerprint density at radius 2 is 2.05 bits per heavy atom. The molecule has 0 saturated heterocycles. The molecule has 0 spiro atoms. The summed E-state index contributed by atoms with van der Waals surface area (Å²) in [5.74, 6) is 0.0966. The highest BCUT2D eigenvalue weighted by Gasteiger charge is 2.23. The number of nitrogens with zero attached hydrogens (tertiary/aromatic N) is 1. The Balaban J connectivity index is 1.83. The van der Waals surface area contributed by atoms with Crippen LogP contribution in [0.2, 0.25) is 0 Å². The van der Waals surface area contributed by atoms with E-state index in [1.54, 1.807) is 6.07 Å². The number of aryl methyl sites for hydroxylation is 1. The van der Waals surface area contributed by atoms with Gasteiger partial charge in [0.15, 0.2) is 0 Å². The Bertz CT molecular complexity index is 613. The Kier molecular flexibility index (Phi) is 3.03. The Hall–Kier alpha value is -1.81. The van der Waals surface area contributed by atoms with Crippen LogP contribution >= 0.6 is 11.3 Å². The maximum atomic E-state index is 12.5. The van der Waals surface area contributed by atoms with Crippen LogP contribution in [0, 0.1) is 6.92 Å². The van der Waals surface area contributed by atoms with Gasteiger partial charge in [-0.05, 0) is 30.5 Å². The number of hydrogen-bond acceptors (Lipinski definition) is 3. The van der Waals surface area contributed by atoms with Crippen LogP contribution in [-0.2, 0) is 13.0 Å². The van der Waals surface area contributed by atoms with Gasteiger partial charge in [-0.1, -0.05) is 24.3 Å². The van der Waals surface area contributed by atoms with Gasteiger partial charge in [0.2, 0.25) is 0 Å². The van der Waals surface area contributed by atoms with Gasteiger partial charge in [-0.2, -0.15) is 0 Å². The summed E-state index contributed by atoms with van der Waals surface area (Å²) in [6, 6.07) is 10.1. The summed E-state index contributed by atoms with van der Waals surface area (Å²) < 4.78 is 0. The van der Waals surface area contributed by atoms with Gasteiger partial charge < -0.3 is 10.6 Å². The molecule has 1 aromatic heterocycles. The molecule has 2 aromatic rings. The molecule has 0 radical (unpaired) electrons. The van der Waals surface area contributed by atoms with Crippen molar-refractivity contribution >= 4 is 22.9 Å². The number of hydrogen-bond donors (Lipinski definition) is 1. The highest BCUT2D eigenvalue weighted by molar-refractivity contribution is 7.14. The van der Waals surface area contributed by atoms with Gasteiger partial charge in [-0.3, -0.25) is 4.79 Å². The third-order valence-corrected chi connectivity index (χ3v) is 4.64. The molecule has 0 fully saturated rings. The molecule has 0 unspecified atom stereocenters. The lowest BCUT2D eigenvalue weighted by Gasteiger charge is -2.28. The minimum Gasteiger partial charge on any atom is -0.398 e. The van der Waals surface area contributed by atoms with Crippen molar-refractivity contribution in [1.29, 1.82) is 0 Å². The first kappa shape index (κ1) is 12.2. The molecule has 0 bridgehead atoms. The van der Waals surface area contributed by atoms with Crippen molar-refractivity contribution < 1.29 is 4.79 Å². The molecule has 2 N–H and O–H groups in total. The predicted molar refractivity (Wildman–Crippen MR) is 78.4 cm³/mol. The van der Waals surface area contributed by atoms with E-state index < -0.39 is 0 Å². The summed E-state index contributed by atoms with van der Waals surface area (Å²) in [4.78, 5) is 16.1. The third-order valence-electron chi connectivity index (χ3n) is 3.58. The van der Waals surface area contributed by atoms with E-state index in [-0.39, 0.29) is 5.91 Å². The van der Waals surface area contributed by atoms with Crippen molar-refractivity contribution in [3.8, 4) is 0 Å². The standard InChI is InChI=1S/C15H16N2OS/c1-10-13(16)8-14(19-10)15(18)17-7-6-11-4-2-3-5-12(11)9-17/h2-5,8H,6-7,9,16H2,1H3. The highest BCUT2D eigenvalue weighted by atomic mass is 32.1. The SMILES string of the molecule is Cc1sc(C(=O)N2CCc3ccccc3C2)cc1N. The summed E-state index contributed by atoms with van der Waals surface area (Å²) in [6.07, 6.45) is 0.932. The van der Waals surface area contributed by atoms with Gasteiger partial charge in [0.1, 0.15) is 0 Å². The van der Waals surface area contributed by atoms with Crippen LogP contribution in [0.15, 0.2) is 30.3 Å². The van der Waals surface area contributed by atoms with Crippen LogP contribution in [0.1, 0.15) is 25.7 Å². The van der Waals surface area contributed by atoms with E-state index in [9.17, 15) is 4.79 Å². The normalized spacial score (nSPS) is 14.3. The van der Waals surface area contributed by atoms with Gasteiger partial charge >= 0.3 is 0 Å². The van der Waals surface area contributed by atoms with Gasteiger partial charge in [-0.25, -0.2) is 0 Å². The third kappa shape index (κ3) is 2.24. The number of fused-ring (bicyclic) bond motifs is 1. The van der Waals surface area contributed by atoms with Crippen LogP contribution in [-0.4, -0.2) is 17.4 Å². The molecule has 3 nitrogen and oxygen atoms in total. The minimum atomic E-state index is 0.0966. The monoisotopic (exact) mass is 272 g/mol. The molecular formula is C15H16N2OS. The average molecular weight is 272 g/mol. The van der Waals surface area contributed by atoms with E-state index in [0.717, 1.165) is 22.7 Å². The zero-order valence-electron chi connectivity index (χ0n) is 10.8. The van der Waals surface area contributed by atoms with E-state index in [4.69, 9.17) is 5.73 Å². The molecule has 1 aliphatic rings. The van der Waals surface area contributed by atoms with E-state index in [1.807, 2.05) is 17.9 Å². The van der Waals surface area contributed by atoms with Crippen molar-refractivity contribution in [3.63, 3.8) is 0 Å². The molecule has 3 rings (SSSR count).